The first-order valence-corrected chi connectivity index (χ1v) is 14.6. The number of carbonyl (C=O) groups excluding carboxylic acids is 1. The largest absolute Gasteiger partial charge is 0.481 e. The summed E-state index contributed by atoms with van der Waals surface area (Å²) in [6.45, 7) is 3.74. The second-order valence-corrected chi connectivity index (χ2v) is 11.9. The highest BCUT2D eigenvalue weighted by atomic mass is 16.4. The maximum atomic E-state index is 13.7. The van der Waals surface area contributed by atoms with Crippen molar-refractivity contribution in [2.45, 2.75) is 58.4 Å². The normalized spacial score (nSPS) is 14.4. The first kappa shape index (κ1) is 29.0. The molecule has 1 amide bonds. The third kappa shape index (κ3) is 6.85. The second-order valence-electron chi connectivity index (χ2n) is 11.9. The summed E-state index contributed by atoms with van der Waals surface area (Å²) < 4.78 is 1.47. The van der Waals surface area contributed by atoms with Gasteiger partial charge in [0, 0.05) is 17.3 Å². The summed E-state index contributed by atoms with van der Waals surface area (Å²) in [6, 6.07) is 28.4. The Bertz CT molecular complexity index is 1600. The lowest BCUT2D eigenvalue weighted by atomic mass is 9.83. The molecule has 1 aromatic heterocycles. The molecule has 5 rings (SSSR count). The molecule has 1 heterocycles. The summed E-state index contributed by atoms with van der Waals surface area (Å²) in [4.78, 5) is 37.9. The van der Waals surface area contributed by atoms with Gasteiger partial charge in [0.1, 0.15) is 0 Å². The number of aromatic nitrogens is 2. The highest BCUT2D eigenvalue weighted by Gasteiger charge is 2.32. The summed E-state index contributed by atoms with van der Waals surface area (Å²) in [6.07, 6.45) is 4.58. The van der Waals surface area contributed by atoms with E-state index in [0.717, 1.165) is 53.6 Å². The SMILES string of the molecule is CC(C)(Cc1cccc(NC(=O)C(c2ccc(Cn3nc(-c4ccccc4)ccc3=O)cc2)C2CCCC2)c1)C(=O)O. The number of benzene rings is 3. The van der Waals surface area contributed by atoms with E-state index in [9.17, 15) is 19.5 Å². The van der Waals surface area contributed by atoms with Crippen molar-refractivity contribution >= 4 is 17.6 Å². The molecule has 1 unspecified atom stereocenters. The average Bonchev–Trinajstić information content (AvgIpc) is 3.50. The molecule has 0 spiro atoms. The first-order valence-electron chi connectivity index (χ1n) is 14.6. The topological polar surface area (TPSA) is 101 Å². The van der Waals surface area contributed by atoms with Crippen molar-refractivity contribution in [2.24, 2.45) is 11.3 Å². The Labute approximate surface area is 246 Å². The number of rotatable bonds is 10. The van der Waals surface area contributed by atoms with Crippen LogP contribution in [0, 0.1) is 11.3 Å². The van der Waals surface area contributed by atoms with Crippen LogP contribution in [0.5, 0.6) is 0 Å². The molecule has 4 aromatic rings. The van der Waals surface area contributed by atoms with Crippen molar-refractivity contribution < 1.29 is 14.7 Å². The average molecular weight is 564 g/mol. The molecule has 0 saturated heterocycles. The molecule has 0 radical (unpaired) electrons. The quantitative estimate of drug-likeness (QED) is 0.229. The van der Waals surface area contributed by atoms with Crippen LogP contribution in [0.15, 0.2) is 95.8 Å². The molecule has 7 nitrogen and oxygen atoms in total. The highest BCUT2D eigenvalue weighted by Crippen LogP contribution is 2.38. The van der Waals surface area contributed by atoms with Crippen molar-refractivity contribution in [1.29, 1.82) is 0 Å². The number of carboxylic acids is 1. The third-order valence-corrected chi connectivity index (χ3v) is 8.18. The van der Waals surface area contributed by atoms with E-state index < -0.39 is 11.4 Å². The van der Waals surface area contributed by atoms with Crippen molar-refractivity contribution in [1.82, 2.24) is 9.78 Å². The molecule has 1 saturated carbocycles. The van der Waals surface area contributed by atoms with Crippen LogP contribution in [-0.4, -0.2) is 26.8 Å². The summed E-state index contributed by atoms with van der Waals surface area (Å²) in [5.41, 5.74) is 4.02. The predicted octanol–water partition coefficient (Wildman–Crippen LogP) is 6.52. The molecule has 0 bridgehead atoms. The minimum absolute atomic E-state index is 0.0576. The van der Waals surface area contributed by atoms with Gasteiger partial charge in [-0.05, 0) is 73.9 Å². The van der Waals surface area contributed by atoms with Gasteiger partial charge in [-0.25, -0.2) is 4.68 Å². The number of hydrogen-bond acceptors (Lipinski definition) is 4. The van der Waals surface area contributed by atoms with Crippen molar-refractivity contribution in [3.63, 3.8) is 0 Å². The van der Waals surface area contributed by atoms with Crippen LogP contribution < -0.4 is 10.9 Å². The Morgan fingerprint density at radius 3 is 2.33 bits per heavy atom. The minimum atomic E-state index is -0.902. The van der Waals surface area contributed by atoms with Gasteiger partial charge in [0.25, 0.3) is 5.56 Å². The Kier molecular flexibility index (Phi) is 8.67. The fourth-order valence-electron chi connectivity index (χ4n) is 5.82. The number of carbonyl (C=O) groups is 2. The van der Waals surface area contributed by atoms with Crippen LogP contribution in [0.2, 0.25) is 0 Å². The highest BCUT2D eigenvalue weighted by molar-refractivity contribution is 5.96. The van der Waals surface area contributed by atoms with Crippen LogP contribution in [0.3, 0.4) is 0 Å². The Morgan fingerprint density at radius 1 is 0.929 bits per heavy atom. The zero-order chi connectivity index (χ0) is 29.7. The summed E-state index contributed by atoms with van der Waals surface area (Å²) in [7, 11) is 0. The van der Waals surface area contributed by atoms with E-state index >= 15 is 0 Å². The number of hydrogen-bond donors (Lipinski definition) is 2. The fraction of sp³-hybridized carbons (Fsp3) is 0.314. The van der Waals surface area contributed by atoms with Crippen molar-refractivity contribution in [2.75, 3.05) is 5.32 Å². The number of nitrogens with one attached hydrogen (secondary N) is 1. The fourth-order valence-corrected chi connectivity index (χ4v) is 5.82. The van der Waals surface area contributed by atoms with Crippen LogP contribution >= 0.6 is 0 Å². The first-order chi connectivity index (χ1) is 20.2. The molecular formula is C35H37N3O4. The van der Waals surface area contributed by atoms with Crippen LogP contribution in [0.4, 0.5) is 5.69 Å². The van der Waals surface area contributed by atoms with Crippen molar-refractivity contribution in [3.8, 4) is 11.3 Å². The molecule has 7 heteroatoms. The lowest BCUT2D eigenvalue weighted by Crippen LogP contribution is -2.27. The van der Waals surface area contributed by atoms with E-state index in [4.69, 9.17) is 0 Å². The smallest absolute Gasteiger partial charge is 0.309 e. The molecule has 216 valence electrons. The van der Waals surface area contributed by atoms with Gasteiger partial charge in [-0.2, -0.15) is 5.10 Å². The molecule has 1 fully saturated rings. The molecule has 1 atom stereocenters. The maximum absolute atomic E-state index is 13.7. The maximum Gasteiger partial charge on any atom is 0.309 e. The number of carboxylic acid groups (broad SMARTS) is 1. The van der Waals surface area contributed by atoms with Gasteiger partial charge in [0.05, 0.1) is 23.6 Å². The third-order valence-electron chi connectivity index (χ3n) is 8.18. The number of nitrogens with zero attached hydrogens (tertiary/aromatic N) is 2. The molecular weight excluding hydrogens is 526 g/mol. The van der Waals surface area contributed by atoms with Gasteiger partial charge >= 0.3 is 5.97 Å². The molecule has 42 heavy (non-hydrogen) atoms. The predicted molar refractivity (Wildman–Crippen MR) is 164 cm³/mol. The van der Waals surface area contributed by atoms with Gasteiger partial charge in [-0.1, -0.05) is 79.6 Å². The van der Waals surface area contributed by atoms with E-state index in [1.807, 2.05) is 78.9 Å². The van der Waals surface area contributed by atoms with E-state index in [0.29, 0.717) is 18.7 Å². The lowest BCUT2D eigenvalue weighted by molar-refractivity contribution is -0.146. The molecule has 3 aromatic carbocycles. The van der Waals surface area contributed by atoms with Crippen molar-refractivity contribution in [3.05, 3.63) is 118 Å². The van der Waals surface area contributed by atoms with E-state index in [1.165, 1.54) is 4.68 Å². The molecule has 1 aliphatic carbocycles. The van der Waals surface area contributed by atoms with Gasteiger partial charge < -0.3 is 10.4 Å². The van der Waals surface area contributed by atoms with Gasteiger partial charge in [0.15, 0.2) is 0 Å². The molecule has 0 aliphatic heterocycles. The number of aliphatic carboxylic acids is 1. The Balaban J connectivity index is 1.34. The van der Waals surface area contributed by atoms with Gasteiger partial charge in [-0.15, -0.1) is 0 Å². The molecule has 2 N–H and O–H groups in total. The number of anilines is 1. The summed E-state index contributed by atoms with van der Waals surface area (Å²) >= 11 is 0. The minimum Gasteiger partial charge on any atom is -0.481 e. The monoisotopic (exact) mass is 563 g/mol. The molecule has 1 aliphatic rings. The van der Waals surface area contributed by atoms with Gasteiger partial charge in [-0.3, -0.25) is 14.4 Å². The summed E-state index contributed by atoms with van der Waals surface area (Å²) in [5.74, 6) is -0.969. The number of amides is 1. The summed E-state index contributed by atoms with van der Waals surface area (Å²) in [5, 5.41) is 17.2. The lowest BCUT2D eigenvalue weighted by Gasteiger charge is -2.24. The standard InChI is InChI=1S/C35H37N3O4/c1-35(2,34(41)42)22-25-9-8-14-29(21-25)36-33(40)32(27-12-6-7-13-27)28-17-15-24(16-18-28)23-38-31(39)20-19-30(37-38)26-10-4-3-5-11-26/h3-5,8-11,14-21,27,32H,6-7,12-13,22-23H2,1-2H3,(H,36,40)(H,41,42). The van der Waals surface area contributed by atoms with Crippen LogP contribution in [-0.2, 0) is 22.6 Å². The van der Waals surface area contributed by atoms with E-state index in [1.54, 1.807) is 26.0 Å². The second kappa shape index (κ2) is 12.6. The van der Waals surface area contributed by atoms with Crippen LogP contribution in [0.25, 0.3) is 11.3 Å². The zero-order valence-corrected chi connectivity index (χ0v) is 24.1. The van der Waals surface area contributed by atoms with E-state index in [2.05, 4.69) is 10.4 Å². The van der Waals surface area contributed by atoms with Crippen LogP contribution in [0.1, 0.15) is 62.1 Å². The zero-order valence-electron chi connectivity index (χ0n) is 24.1. The Morgan fingerprint density at radius 2 is 1.64 bits per heavy atom. The van der Waals surface area contributed by atoms with E-state index in [-0.39, 0.29) is 23.3 Å². The Hall–Kier alpha value is -4.52. The van der Waals surface area contributed by atoms with Gasteiger partial charge in [0.2, 0.25) is 5.91 Å².